The van der Waals surface area contributed by atoms with Gasteiger partial charge in [0.25, 0.3) is 0 Å². The van der Waals surface area contributed by atoms with Crippen molar-refractivity contribution in [2.24, 2.45) is 0 Å². The second kappa shape index (κ2) is 2.70. The Bertz CT molecular complexity index is 411. The molecule has 0 spiro atoms. The van der Waals surface area contributed by atoms with Gasteiger partial charge >= 0.3 is 5.63 Å². The quantitative estimate of drug-likeness (QED) is 0.643. The predicted octanol–water partition coefficient (Wildman–Crippen LogP) is 1.90. The fourth-order valence-electron chi connectivity index (χ4n) is 0.942. The molecule has 3 nitrogen and oxygen atoms in total. The van der Waals surface area contributed by atoms with Gasteiger partial charge in [0.15, 0.2) is 11.5 Å². The van der Waals surface area contributed by atoms with E-state index in [0.717, 1.165) is 0 Å². The molecule has 0 saturated carbocycles. The molecule has 0 bridgehead atoms. The molecule has 2 aromatic heterocycles. The maximum atomic E-state index is 10.8. The molecule has 2 rings (SSSR count). The maximum Gasteiger partial charge on any atom is 0.336 e. The highest BCUT2D eigenvalue weighted by Gasteiger charge is 2.01. The lowest BCUT2D eigenvalue weighted by atomic mass is 10.3. The Kier molecular flexibility index (Phi) is 1.55. The minimum absolute atomic E-state index is 0.371. The highest BCUT2D eigenvalue weighted by Crippen LogP contribution is 2.16. The van der Waals surface area contributed by atoms with Crippen molar-refractivity contribution in [2.75, 3.05) is 0 Å². The summed E-state index contributed by atoms with van der Waals surface area (Å²) >= 11 is 0. The Morgan fingerprint density at radius 3 is 2.50 bits per heavy atom. The van der Waals surface area contributed by atoms with Crippen LogP contribution in [0.15, 0.2) is 50.2 Å². The number of furan rings is 1. The molecule has 0 unspecified atom stereocenters. The van der Waals surface area contributed by atoms with Gasteiger partial charge in [0.2, 0.25) is 0 Å². The molecule has 0 amide bonds. The van der Waals surface area contributed by atoms with E-state index in [1.807, 2.05) is 0 Å². The number of hydrogen-bond acceptors (Lipinski definition) is 3. The van der Waals surface area contributed by atoms with E-state index in [1.54, 1.807) is 24.3 Å². The Morgan fingerprint density at radius 2 is 1.83 bits per heavy atom. The second-order valence-electron chi connectivity index (χ2n) is 2.29. The molecule has 0 saturated heterocycles. The van der Waals surface area contributed by atoms with Crippen LogP contribution < -0.4 is 5.63 Å². The summed E-state index contributed by atoms with van der Waals surface area (Å²) in [5.41, 5.74) is -0.371. The van der Waals surface area contributed by atoms with Crippen molar-refractivity contribution in [1.82, 2.24) is 0 Å². The van der Waals surface area contributed by atoms with E-state index < -0.39 is 0 Å². The van der Waals surface area contributed by atoms with Crippen LogP contribution in [0.5, 0.6) is 0 Å². The smallest absolute Gasteiger partial charge is 0.336 e. The molecule has 2 aromatic rings. The summed E-state index contributed by atoms with van der Waals surface area (Å²) in [6.45, 7) is 0. The van der Waals surface area contributed by atoms with Crippen molar-refractivity contribution in [2.45, 2.75) is 0 Å². The SMILES string of the molecule is O=c1cccc(-c2ccco2)o1. The lowest BCUT2D eigenvalue weighted by Gasteiger charge is -1.91. The van der Waals surface area contributed by atoms with Crippen LogP contribution in [0.4, 0.5) is 0 Å². The van der Waals surface area contributed by atoms with Crippen molar-refractivity contribution in [3.63, 3.8) is 0 Å². The lowest BCUT2D eigenvalue weighted by Crippen LogP contribution is -1.94. The third-order valence-electron chi connectivity index (χ3n) is 1.45. The van der Waals surface area contributed by atoms with Gasteiger partial charge in [-0.3, -0.25) is 0 Å². The van der Waals surface area contributed by atoms with Crippen LogP contribution >= 0.6 is 0 Å². The molecule has 0 aromatic carbocycles. The minimum Gasteiger partial charge on any atom is -0.461 e. The second-order valence-corrected chi connectivity index (χ2v) is 2.29. The van der Waals surface area contributed by atoms with Crippen molar-refractivity contribution < 1.29 is 8.83 Å². The summed E-state index contributed by atoms with van der Waals surface area (Å²) in [7, 11) is 0. The molecule has 12 heavy (non-hydrogen) atoms. The Labute approximate surface area is 68.2 Å². The first-order valence-corrected chi connectivity index (χ1v) is 3.50. The molecule has 0 aliphatic rings. The van der Waals surface area contributed by atoms with Crippen LogP contribution in [0, 0.1) is 0 Å². The third-order valence-corrected chi connectivity index (χ3v) is 1.45. The van der Waals surface area contributed by atoms with Crippen molar-refractivity contribution in [3.8, 4) is 11.5 Å². The zero-order valence-corrected chi connectivity index (χ0v) is 6.19. The molecule has 0 radical (unpaired) electrons. The predicted molar refractivity (Wildman–Crippen MR) is 42.7 cm³/mol. The van der Waals surface area contributed by atoms with E-state index in [1.165, 1.54) is 12.3 Å². The number of rotatable bonds is 1. The van der Waals surface area contributed by atoms with Gasteiger partial charge in [-0.2, -0.15) is 0 Å². The summed E-state index contributed by atoms with van der Waals surface area (Å²) in [6.07, 6.45) is 1.53. The van der Waals surface area contributed by atoms with Crippen LogP contribution in [-0.4, -0.2) is 0 Å². The Balaban J connectivity index is 2.55. The summed E-state index contributed by atoms with van der Waals surface area (Å²) < 4.78 is 9.91. The molecule has 3 heteroatoms. The Morgan fingerprint density at radius 1 is 1.00 bits per heavy atom. The first kappa shape index (κ1) is 6.91. The van der Waals surface area contributed by atoms with Crippen LogP contribution in [-0.2, 0) is 0 Å². The van der Waals surface area contributed by atoms with Crippen molar-refractivity contribution in [1.29, 1.82) is 0 Å². The first-order valence-electron chi connectivity index (χ1n) is 3.50. The van der Waals surface area contributed by atoms with Gasteiger partial charge in [0.1, 0.15) is 0 Å². The van der Waals surface area contributed by atoms with Crippen LogP contribution in [0.3, 0.4) is 0 Å². The van der Waals surface area contributed by atoms with E-state index in [0.29, 0.717) is 11.5 Å². The van der Waals surface area contributed by atoms with Crippen molar-refractivity contribution >= 4 is 0 Å². The maximum absolute atomic E-state index is 10.8. The molecule has 0 aliphatic heterocycles. The normalized spacial score (nSPS) is 10.0. The van der Waals surface area contributed by atoms with Gasteiger partial charge in [-0.05, 0) is 18.2 Å². The van der Waals surface area contributed by atoms with Crippen LogP contribution in [0.2, 0.25) is 0 Å². The van der Waals surface area contributed by atoms with Gasteiger partial charge in [-0.25, -0.2) is 4.79 Å². The lowest BCUT2D eigenvalue weighted by molar-refractivity contribution is 0.491. The largest absolute Gasteiger partial charge is 0.461 e. The average Bonchev–Trinajstić information content (AvgIpc) is 2.56. The van der Waals surface area contributed by atoms with Gasteiger partial charge in [0, 0.05) is 6.07 Å². The highest BCUT2D eigenvalue weighted by molar-refractivity contribution is 5.48. The van der Waals surface area contributed by atoms with E-state index in [9.17, 15) is 4.79 Å². The zero-order valence-electron chi connectivity index (χ0n) is 6.19. The fourth-order valence-corrected chi connectivity index (χ4v) is 0.942. The Hall–Kier alpha value is -1.77. The molecule has 0 fully saturated rings. The fraction of sp³-hybridized carbons (Fsp3) is 0. The summed E-state index contributed by atoms with van der Waals surface area (Å²) in [6, 6.07) is 8.14. The minimum atomic E-state index is -0.371. The summed E-state index contributed by atoms with van der Waals surface area (Å²) in [5.74, 6) is 1.01. The molecule has 0 N–H and O–H groups in total. The molecular weight excluding hydrogens is 156 g/mol. The van der Waals surface area contributed by atoms with E-state index >= 15 is 0 Å². The molecule has 60 valence electrons. The van der Waals surface area contributed by atoms with Crippen LogP contribution in [0.1, 0.15) is 0 Å². The summed E-state index contributed by atoms with van der Waals surface area (Å²) in [4.78, 5) is 10.8. The highest BCUT2D eigenvalue weighted by atomic mass is 16.4. The van der Waals surface area contributed by atoms with Crippen molar-refractivity contribution in [3.05, 3.63) is 47.0 Å². The summed E-state index contributed by atoms with van der Waals surface area (Å²) in [5, 5.41) is 0. The van der Waals surface area contributed by atoms with Gasteiger partial charge in [-0.15, -0.1) is 0 Å². The van der Waals surface area contributed by atoms with Gasteiger partial charge in [-0.1, -0.05) is 6.07 Å². The topological polar surface area (TPSA) is 43.4 Å². The standard InChI is InChI=1S/C9H6O3/c10-9-5-1-3-8(12-9)7-4-2-6-11-7/h1-6H. The molecular formula is C9H6O3. The average molecular weight is 162 g/mol. The molecule has 0 atom stereocenters. The van der Waals surface area contributed by atoms with E-state index in [4.69, 9.17) is 8.83 Å². The monoisotopic (exact) mass is 162 g/mol. The van der Waals surface area contributed by atoms with Gasteiger partial charge < -0.3 is 8.83 Å². The molecule has 2 heterocycles. The van der Waals surface area contributed by atoms with E-state index in [-0.39, 0.29) is 5.63 Å². The zero-order chi connectivity index (χ0) is 8.39. The number of hydrogen-bond donors (Lipinski definition) is 0. The van der Waals surface area contributed by atoms with E-state index in [2.05, 4.69) is 0 Å². The molecule has 0 aliphatic carbocycles. The van der Waals surface area contributed by atoms with Crippen LogP contribution in [0.25, 0.3) is 11.5 Å². The third kappa shape index (κ3) is 1.16. The van der Waals surface area contributed by atoms with Gasteiger partial charge in [0.05, 0.1) is 6.26 Å². The first-order chi connectivity index (χ1) is 5.86.